The van der Waals surface area contributed by atoms with Crippen LogP contribution in [0.1, 0.15) is 35.1 Å². The van der Waals surface area contributed by atoms with Gasteiger partial charge in [0.15, 0.2) is 17.3 Å². The number of likely N-dealkylation sites (tertiary alicyclic amines) is 1. The Bertz CT molecular complexity index is 2420. The number of carbonyl (C=O) groups excluding carboxylic acids is 4. The average Bonchev–Trinajstić information content (AvgIpc) is 3.58. The minimum Gasteiger partial charge on any atom is -0.502 e. The van der Waals surface area contributed by atoms with Gasteiger partial charge in [0.25, 0.3) is 11.8 Å². The molecule has 4 aliphatic rings. The molecule has 1 saturated carbocycles. The van der Waals surface area contributed by atoms with Gasteiger partial charge >= 0.3 is 6.18 Å². The molecule has 8 rings (SSSR count). The van der Waals surface area contributed by atoms with Crippen molar-refractivity contribution >= 4 is 58.7 Å². The first-order valence-electron chi connectivity index (χ1n) is 18.5. The summed E-state index contributed by atoms with van der Waals surface area (Å²) < 4.78 is 51.3. The van der Waals surface area contributed by atoms with E-state index in [0.717, 1.165) is 10.6 Å². The van der Waals surface area contributed by atoms with Gasteiger partial charge in [0.05, 0.1) is 54.5 Å². The van der Waals surface area contributed by atoms with E-state index in [-0.39, 0.29) is 54.3 Å². The third-order valence-corrected chi connectivity index (χ3v) is 12.4. The Labute approximate surface area is 346 Å². The number of nitrogens with zero attached hydrogens (tertiary/aromatic N) is 3. The van der Waals surface area contributed by atoms with E-state index in [4.69, 9.17) is 32.7 Å². The van der Waals surface area contributed by atoms with Crippen molar-refractivity contribution in [2.45, 2.75) is 31.0 Å². The number of allylic oxidation sites excluding steroid dienone is 3. The van der Waals surface area contributed by atoms with Gasteiger partial charge in [-0.25, -0.2) is 4.98 Å². The normalized spacial score (nSPS) is 25.2. The van der Waals surface area contributed by atoms with Crippen LogP contribution in [0, 0.1) is 29.6 Å². The van der Waals surface area contributed by atoms with Crippen molar-refractivity contribution in [2.24, 2.45) is 29.6 Å². The molecule has 3 heterocycles. The molecule has 4 aromatic rings. The maximum Gasteiger partial charge on any atom is 0.417 e. The van der Waals surface area contributed by atoms with Crippen LogP contribution in [-0.4, -0.2) is 57.8 Å². The molecule has 59 heavy (non-hydrogen) atoms. The number of hydrogen-bond donors (Lipinski definition) is 2. The summed E-state index contributed by atoms with van der Waals surface area (Å²) in [6.45, 7) is 0.0650. The number of fused-ring (bicyclic) bond motifs is 4. The van der Waals surface area contributed by atoms with Crippen LogP contribution in [0.25, 0.3) is 6.08 Å². The fourth-order valence-electron chi connectivity index (χ4n) is 9.23. The first kappa shape index (κ1) is 39.9. The molecular weight excluding hydrogens is 812 g/mol. The highest BCUT2D eigenvalue weighted by Gasteiger charge is 2.69. The van der Waals surface area contributed by atoms with E-state index >= 15 is 4.79 Å². The molecule has 16 heteroatoms. The van der Waals surface area contributed by atoms with Crippen LogP contribution in [0.15, 0.2) is 96.7 Å². The number of amides is 4. The summed E-state index contributed by atoms with van der Waals surface area (Å²) in [4.78, 5) is 63.7. The van der Waals surface area contributed by atoms with E-state index in [1.54, 1.807) is 48.6 Å². The number of hydrazine groups is 1. The lowest BCUT2D eigenvalue weighted by atomic mass is 9.50. The van der Waals surface area contributed by atoms with Crippen LogP contribution >= 0.6 is 23.2 Å². The molecule has 6 atom stereocenters. The van der Waals surface area contributed by atoms with Crippen LogP contribution in [0.5, 0.6) is 17.2 Å². The number of carbonyl (C=O) groups is 4. The van der Waals surface area contributed by atoms with Crippen LogP contribution in [0.3, 0.4) is 0 Å². The number of hydrogen-bond acceptors (Lipinski definition) is 9. The molecule has 1 aromatic heterocycles. The SMILES string of the molecule is COc1cc(C=C[C@H]2C3=CC[C@@H]4C(=O)N(Cc5ccccc5)C(=O)[C@@H]4[C@@H]3C[C@H]3C(=O)N(Nc4ncc(C(F)(F)F)cc4Cl)C(=O)[C@@]23c2ccc(Cl)cc2)cc(OC)c1O. The third-order valence-electron chi connectivity index (χ3n) is 11.9. The van der Waals surface area contributed by atoms with Crippen molar-refractivity contribution < 1.29 is 46.9 Å². The highest BCUT2D eigenvalue weighted by molar-refractivity contribution is 6.33. The molecule has 2 saturated heterocycles. The van der Waals surface area contributed by atoms with Crippen LogP contribution in [0.4, 0.5) is 19.0 Å². The van der Waals surface area contributed by atoms with E-state index in [1.165, 1.54) is 19.1 Å². The molecule has 2 aliphatic carbocycles. The van der Waals surface area contributed by atoms with Gasteiger partial charge in [-0.3, -0.25) is 29.5 Å². The maximum atomic E-state index is 15.3. The predicted molar refractivity (Wildman–Crippen MR) is 210 cm³/mol. The van der Waals surface area contributed by atoms with E-state index < -0.39 is 63.6 Å². The summed E-state index contributed by atoms with van der Waals surface area (Å²) in [5.74, 6) is -6.99. The molecule has 0 bridgehead atoms. The Morgan fingerprint density at radius 2 is 1.61 bits per heavy atom. The van der Waals surface area contributed by atoms with Gasteiger partial charge in [-0.2, -0.15) is 18.2 Å². The molecule has 4 amide bonds. The smallest absolute Gasteiger partial charge is 0.417 e. The van der Waals surface area contributed by atoms with Gasteiger partial charge in [-0.15, -0.1) is 0 Å². The standard InChI is InChI=1S/C43H35Cl2F3N4O7/c1-58-33-16-23(17-34(59-2)36(33)53)8-15-30-27-13-14-28-35(40(56)51(38(28)54)21-22-6-4-3-5-7-22)29(27)19-31-39(55)52(41(57)42(30,31)24-9-11-26(44)12-10-24)50-37-32(45)18-25(20-49-37)43(46,47)48/h3-13,15-18,20,28-31,35,53H,14,19,21H2,1-2H3,(H,49,50)/t28-,29+,30-,31-,35-,42-/m0/s1. The molecule has 2 N–H and O–H groups in total. The molecular formula is C43H35Cl2F3N4O7. The lowest BCUT2D eigenvalue weighted by Gasteiger charge is -2.49. The Morgan fingerprint density at radius 1 is 0.932 bits per heavy atom. The number of benzene rings is 3. The molecule has 304 valence electrons. The van der Waals surface area contributed by atoms with Crippen molar-refractivity contribution in [3.8, 4) is 17.2 Å². The Balaban J connectivity index is 1.29. The molecule has 11 nitrogen and oxygen atoms in total. The number of rotatable bonds is 9. The van der Waals surface area contributed by atoms with Gasteiger partial charge < -0.3 is 14.6 Å². The number of aromatic hydroxyl groups is 1. The Kier molecular flexibility index (Phi) is 10.2. The summed E-state index contributed by atoms with van der Waals surface area (Å²) in [5.41, 5.74) is 2.08. The van der Waals surface area contributed by atoms with Crippen molar-refractivity contribution in [1.82, 2.24) is 14.9 Å². The van der Waals surface area contributed by atoms with Gasteiger partial charge in [0, 0.05) is 17.1 Å². The average molecular weight is 848 g/mol. The van der Waals surface area contributed by atoms with Gasteiger partial charge in [0.2, 0.25) is 17.6 Å². The van der Waals surface area contributed by atoms with Crippen LogP contribution in [0.2, 0.25) is 10.0 Å². The minimum absolute atomic E-state index is 0.0318. The zero-order valence-electron chi connectivity index (χ0n) is 31.4. The third kappa shape index (κ3) is 6.58. The first-order chi connectivity index (χ1) is 28.2. The molecule has 2 aliphatic heterocycles. The lowest BCUT2D eigenvalue weighted by Crippen LogP contribution is -2.54. The van der Waals surface area contributed by atoms with Crippen LogP contribution < -0.4 is 14.9 Å². The van der Waals surface area contributed by atoms with E-state index in [9.17, 15) is 32.7 Å². The van der Waals surface area contributed by atoms with E-state index in [0.29, 0.717) is 34.0 Å². The molecule has 0 radical (unpaired) electrons. The number of methoxy groups -OCH3 is 2. The van der Waals surface area contributed by atoms with Gasteiger partial charge in [0.1, 0.15) is 0 Å². The summed E-state index contributed by atoms with van der Waals surface area (Å²) in [7, 11) is 2.75. The molecule has 0 unspecified atom stereocenters. The quantitative estimate of drug-likeness (QED) is 0.127. The summed E-state index contributed by atoms with van der Waals surface area (Å²) in [6.07, 6.45) is 1.24. The number of phenolic OH excluding ortho intramolecular Hbond substituents is 1. The first-order valence-corrected chi connectivity index (χ1v) is 19.3. The van der Waals surface area contributed by atoms with E-state index in [1.807, 2.05) is 36.4 Å². The predicted octanol–water partition coefficient (Wildman–Crippen LogP) is 7.86. The van der Waals surface area contributed by atoms with Crippen molar-refractivity contribution in [3.63, 3.8) is 0 Å². The number of alkyl halides is 3. The number of ether oxygens (including phenoxy) is 2. The zero-order chi connectivity index (χ0) is 42.0. The van der Waals surface area contributed by atoms with Crippen molar-refractivity contribution in [2.75, 3.05) is 19.6 Å². The number of anilines is 1. The van der Waals surface area contributed by atoms with Gasteiger partial charge in [-0.05, 0) is 65.8 Å². The largest absolute Gasteiger partial charge is 0.502 e. The molecule has 3 aromatic carbocycles. The summed E-state index contributed by atoms with van der Waals surface area (Å²) >= 11 is 12.6. The second-order valence-electron chi connectivity index (χ2n) is 14.8. The number of nitrogens with one attached hydrogen (secondary N) is 1. The zero-order valence-corrected chi connectivity index (χ0v) is 32.9. The fraction of sp³-hybridized carbons (Fsp3) is 0.279. The second kappa shape index (κ2) is 15.1. The molecule has 3 fully saturated rings. The highest BCUT2D eigenvalue weighted by atomic mass is 35.5. The van der Waals surface area contributed by atoms with E-state index in [2.05, 4.69) is 10.4 Å². The maximum absolute atomic E-state index is 15.3. The van der Waals surface area contributed by atoms with Crippen LogP contribution in [-0.2, 0) is 37.3 Å². The minimum atomic E-state index is -4.76. The number of halogens is 5. The highest BCUT2D eigenvalue weighted by Crippen LogP contribution is 2.62. The van der Waals surface area contributed by atoms with Crippen molar-refractivity contribution in [1.29, 1.82) is 0 Å². The fourth-order valence-corrected chi connectivity index (χ4v) is 9.57. The van der Waals surface area contributed by atoms with Gasteiger partial charge in [-0.1, -0.05) is 89.5 Å². The number of pyridine rings is 1. The lowest BCUT2D eigenvalue weighted by molar-refractivity contribution is -0.142. The van der Waals surface area contributed by atoms with Crippen molar-refractivity contribution in [3.05, 3.63) is 129 Å². The summed E-state index contributed by atoms with van der Waals surface area (Å²) in [6, 6.07) is 19.3. The molecule has 0 spiro atoms. The topological polar surface area (TPSA) is 138 Å². The Hall–Kier alpha value is -5.86. The Morgan fingerprint density at radius 3 is 2.24 bits per heavy atom. The number of aromatic nitrogens is 1. The second-order valence-corrected chi connectivity index (χ2v) is 15.7. The monoisotopic (exact) mass is 846 g/mol. The number of imide groups is 2. The summed E-state index contributed by atoms with van der Waals surface area (Å²) in [5, 5.41) is 11.2. The number of phenols is 1.